The lowest BCUT2D eigenvalue weighted by molar-refractivity contribution is -0.120. The van der Waals surface area contributed by atoms with Crippen molar-refractivity contribution in [3.8, 4) is 11.1 Å². The van der Waals surface area contributed by atoms with E-state index in [-0.39, 0.29) is 17.7 Å². The number of likely N-dealkylation sites (tertiary alicyclic amines) is 1. The molecule has 0 atom stereocenters. The third kappa shape index (κ3) is 5.36. The minimum atomic E-state index is 0.0301. The molecule has 0 bridgehead atoms. The van der Waals surface area contributed by atoms with Gasteiger partial charge >= 0.3 is 0 Å². The van der Waals surface area contributed by atoms with Crippen LogP contribution in [0, 0.1) is 12.8 Å². The van der Waals surface area contributed by atoms with Gasteiger partial charge in [0.2, 0.25) is 5.91 Å². The van der Waals surface area contributed by atoms with E-state index in [4.69, 9.17) is 0 Å². The smallest absolute Gasteiger partial charge is 0.253 e. The van der Waals surface area contributed by atoms with Crippen LogP contribution in [0.25, 0.3) is 11.1 Å². The second kappa shape index (κ2) is 10.7. The highest BCUT2D eigenvalue weighted by atomic mass is 16.2. The van der Waals surface area contributed by atoms with Crippen LogP contribution in [0.2, 0.25) is 0 Å². The Morgan fingerprint density at radius 1 is 0.972 bits per heavy atom. The Hall–Kier alpha value is -3.45. The van der Waals surface area contributed by atoms with E-state index in [1.54, 1.807) is 0 Å². The molecule has 2 aromatic carbocycles. The quantitative estimate of drug-likeness (QED) is 0.563. The summed E-state index contributed by atoms with van der Waals surface area (Å²) in [5.41, 5.74) is 5.97. The van der Waals surface area contributed by atoms with Gasteiger partial charge < -0.3 is 15.5 Å². The maximum atomic E-state index is 13.3. The lowest BCUT2D eigenvalue weighted by atomic mass is 9.88. The molecule has 0 saturated carbocycles. The zero-order valence-electron chi connectivity index (χ0n) is 21.2. The number of carbonyl (C=O) groups is 2. The van der Waals surface area contributed by atoms with Crippen molar-refractivity contribution in [1.82, 2.24) is 20.0 Å². The summed E-state index contributed by atoms with van der Waals surface area (Å²) in [7, 11) is 1.93. The molecule has 3 heterocycles. The first kappa shape index (κ1) is 24.3. The van der Waals surface area contributed by atoms with Gasteiger partial charge in [0.25, 0.3) is 5.91 Å². The first-order chi connectivity index (χ1) is 17.5. The van der Waals surface area contributed by atoms with Crippen LogP contribution in [-0.4, -0.2) is 52.7 Å². The molecule has 1 aromatic heterocycles. The standard InChI is InChI=1S/C29H35N5O2/c1-20-3-4-25(17-27(20)32-28(35)24-9-13-30-14-10-24)29(36)34-15-11-23(12-16-34)21-5-7-22(8-6-21)26-18-31-33(2)19-26/h3-8,17-19,23-24,30H,9-16H2,1-2H3,(H,32,35). The van der Waals surface area contributed by atoms with Crippen LogP contribution in [0.5, 0.6) is 0 Å². The Labute approximate surface area is 212 Å². The van der Waals surface area contributed by atoms with Crippen molar-refractivity contribution >= 4 is 17.5 Å². The molecule has 2 fully saturated rings. The average Bonchev–Trinajstić information content (AvgIpc) is 3.36. The maximum absolute atomic E-state index is 13.3. The number of hydrogen-bond donors (Lipinski definition) is 2. The fourth-order valence-electron chi connectivity index (χ4n) is 5.33. The van der Waals surface area contributed by atoms with Gasteiger partial charge in [0.15, 0.2) is 0 Å². The molecule has 2 N–H and O–H groups in total. The van der Waals surface area contributed by atoms with Gasteiger partial charge in [-0.15, -0.1) is 0 Å². The van der Waals surface area contributed by atoms with E-state index in [9.17, 15) is 9.59 Å². The van der Waals surface area contributed by atoms with Crippen molar-refractivity contribution < 1.29 is 9.59 Å². The predicted molar refractivity (Wildman–Crippen MR) is 142 cm³/mol. The van der Waals surface area contributed by atoms with Gasteiger partial charge in [-0.1, -0.05) is 30.3 Å². The fourth-order valence-corrected chi connectivity index (χ4v) is 5.33. The first-order valence-electron chi connectivity index (χ1n) is 13.0. The van der Waals surface area contributed by atoms with Crippen LogP contribution in [0.15, 0.2) is 54.9 Å². The molecule has 2 amide bonds. The molecule has 0 unspecified atom stereocenters. The van der Waals surface area contributed by atoms with Crippen LogP contribution in [0.4, 0.5) is 5.69 Å². The molecular formula is C29H35N5O2. The van der Waals surface area contributed by atoms with E-state index >= 15 is 0 Å². The monoisotopic (exact) mass is 485 g/mol. The van der Waals surface area contributed by atoms with Crippen LogP contribution >= 0.6 is 0 Å². The Morgan fingerprint density at radius 3 is 2.36 bits per heavy atom. The fraction of sp³-hybridized carbons (Fsp3) is 0.414. The van der Waals surface area contributed by atoms with Crippen molar-refractivity contribution in [2.45, 2.75) is 38.5 Å². The van der Waals surface area contributed by atoms with Crippen molar-refractivity contribution in [2.24, 2.45) is 13.0 Å². The highest BCUT2D eigenvalue weighted by Crippen LogP contribution is 2.31. The van der Waals surface area contributed by atoms with Gasteiger partial charge in [0.1, 0.15) is 0 Å². The molecule has 188 valence electrons. The van der Waals surface area contributed by atoms with Crippen LogP contribution < -0.4 is 10.6 Å². The average molecular weight is 486 g/mol. The molecule has 2 aliphatic rings. The molecule has 2 saturated heterocycles. The number of nitrogens with zero attached hydrogens (tertiary/aromatic N) is 3. The van der Waals surface area contributed by atoms with Crippen LogP contribution in [-0.2, 0) is 11.8 Å². The minimum Gasteiger partial charge on any atom is -0.339 e. The Kier molecular flexibility index (Phi) is 7.18. The van der Waals surface area contributed by atoms with E-state index in [0.29, 0.717) is 11.5 Å². The summed E-state index contributed by atoms with van der Waals surface area (Å²) in [6, 6.07) is 14.4. The molecule has 7 heteroatoms. The van der Waals surface area contributed by atoms with Gasteiger partial charge in [-0.25, -0.2) is 0 Å². The number of nitrogens with one attached hydrogen (secondary N) is 2. The van der Waals surface area contributed by atoms with E-state index in [1.807, 2.05) is 54.1 Å². The largest absolute Gasteiger partial charge is 0.339 e. The van der Waals surface area contributed by atoms with Crippen molar-refractivity contribution in [3.05, 3.63) is 71.5 Å². The molecule has 2 aliphatic heterocycles. The highest BCUT2D eigenvalue weighted by molar-refractivity contribution is 5.98. The SMILES string of the molecule is Cc1ccc(C(=O)N2CCC(c3ccc(-c4cnn(C)c4)cc3)CC2)cc1NC(=O)C1CCNCC1. The minimum absolute atomic E-state index is 0.0301. The summed E-state index contributed by atoms with van der Waals surface area (Å²) in [4.78, 5) is 28.0. The number of benzene rings is 2. The summed E-state index contributed by atoms with van der Waals surface area (Å²) < 4.78 is 1.81. The lowest BCUT2D eigenvalue weighted by Gasteiger charge is -2.32. The molecule has 0 aliphatic carbocycles. The number of carbonyl (C=O) groups excluding carboxylic acids is 2. The Bertz CT molecular complexity index is 1220. The molecule has 0 spiro atoms. The van der Waals surface area contributed by atoms with E-state index in [0.717, 1.165) is 68.7 Å². The summed E-state index contributed by atoms with van der Waals surface area (Å²) in [6.07, 6.45) is 7.50. The predicted octanol–water partition coefficient (Wildman–Crippen LogP) is 4.35. The molecule has 36 heavy (non-hydrogen) atoms. The molecule has 7 nitrogen and oxygen atoms in total. The number of rotatable bonds is 5. The van der Waals surface area contributed by atoms with E-state index in [2.05, 4.69) is 40.0 Å². The second-order valence-electron chi connectivity index (χ2n) is 10.1. The van der Waals surface area contributed by atoms with E-state index in [1.165, 1.54) is 11.1 Å². The number of hydrogen-bond acceptors (Lipinski definition) is 4. The van der Waals surface area contributed by atoms with Crippen molar-refractivity contribution in [1.29, 1.82) is 0 Å². The third-order valence-corrected chi connectivity index (χ3v) is 7.65. The second-order valence-corrected chi connectivity index (χ2v) is 10.1. The zero-order valence-corrected chi connectivity index (χ0v) is 21.2. The lowest BCUT2D eigenvalue weighted by Crippen LogP contribution is -2.38. The van der Waals surface area contributed by atoms with Crippen LogP contribution in [0.1, 0.15) is 53.1 Å². The zero-order chi connectivity index (χ0) is 25.1. The van der Waals surface area contributed by atoms with Gasteiger partial charge in [0, 0.05) is 49.1 Å². The number of aryl methyl sites for hydroxylation is 2. The Morgan fingerprint density at radius 2 is 1.69 bits per heavy atom. The Balaban J connectivity index is 1.19. The highest BCUT2D eigenvalue weighted by Gasteiger charge is 2.26. The van der Waals surface area contributed by atoms with Gasteiger partial charge in [0.05, 0.1) is 6.20 Å². The van der Waals surface area contributed by atoms with Crippen molar-refractivity contribution in [2.75, 3.05) is 31.5 Å². The maximum Gasteiger partial charge on any atom is 0.253 e. The van der Waals surface area contributed by atoms with Gasteiger partial charge in [-0.2, -0.15) is 5.10 Å². The first-order valence-corrected chi connectivity index (χ1v) is 13.0. The molecule has 0 radical (unpaired) electrons. The topological polar surface area (TPSA) is 79.3 Å². The number of aromatic nitrogens is 2. The summed E-state index contributed by atoms with van der Waals surface area (Å²) in [6.45, 7) is 5.19. The third-order valence-electron chi connectivity index (χ3n) is 7.65. The molecule has 3 aromatic rings. The normalized spacial score (nSPS) is 17.2. The summed E-state index contributed by atoms with van der Waals surface area (Å²) >= 11 is 0. The molecule has 5 rings (SSSR count). The number of anilines is 1. The van der Waals surface area contributed by atoms with Crippen LogP contribution in [0.3, 0.4) is 0 Å². The summed E-state index contributed by atoms with van der Waals surface area (Å²) in [5, 5.41) is 10.6. The number of piperidine rings is 2. The molecular weight excluding hydrogens is 450 g/mol. The van der Waals surface area contributed by atoms with Gasteiger partial charge in [-0.05, 0) is 80.4 Å². The number of amides is 2. The van der Waals surface area contributed by atoms with Gasteiger partial charge in [-0.3, -0.25) is 14.3 Å². The van der Waals surface area contributed by atoms with Crippen molar-refractivity contribution in [3.63, 3.8) is 0 Å². The summed E-state index contributed by atoms with van der Waals surface area (Å²) in [5.74, 6) is 0.578. The van der Waals surface area contributed by atoms with E-state index < -0.39 is 0 Å².